The summed E-state index contributed by atoms with van der Waals surface area (Å²) in [5, 5.41) is 10.9. The van der Waals surface area contributed by atoms with Crippen LogP contribution in [0.1, 0.15) is 17.3 Å². The number of aromatic carboxylic acids is 1. The fourth-order valence-corrected chi connectivity index (χ4v) is 1.07. The van der Waals surface area contributed by atoms with Crippen molar-refractivity contribution in [3.63, 3.8) is 0 Å². The van der Waals surface area contributed by atoms with Crippen LogP contribution in [0.25, 0.3) is 0 Å². The van der Waals surface area contributed by atoms with Crippen LogP contribution in [-0.2, 0) is 4.79 Å². The maximum atomic E-state index is 13.3. The predicted octanol–water partition coefficient (Wildman–Crippen LogP) is 0.810. The molecule has 1 amide bonds. The molecule has 6 heteroatoms. The van der Waals surface area contributed by atoms with Gasteiger partial charge in [0.15, 0.2) is 0 Å². The number of carboxylic acids is 1. The third kappa shape index (κ3) is 2.54. The van der Waals surface area contributed by atoms with E-state index in [9.17, 15) is 14.0 Å². The second kappa shape index (κ2) is 4.71. The largest absolute Gasteiger partial charge is 0.478 e. The standard InChI is InChI=1S/C10H11FN2O3/c1-5(12)9(14)13-8-6(10(15)16)3-2-4-7(8)11/h2-5H,12H2,1H3,(H,13,14)(H,15,16). The summed E-state index contributed by atoms with van der Waals surface area (Å²) in [4.78, 5) is 22.0. The van der Waals surface area contributed by atoms with Gasteiger partial charge in [-0.05, 0) is 19.1 Å². The van der Waals surface area contributed by atoms with Gasteiger partial charge in [0, 0.05) is 0 Å². The third-order valence-corrected chi connectivity index (χ3v) is 1.91. The Hall–Kier alpha value is -1.95. The van der Waals surface area contributed by atoms with Gasteiger partial charge in [0.05, 0.1) is 17.3 Å². The summed E-state index contributed by atoms with van der Waals surface area (Å²) >= 11 is 0. The lowest BCUT2D eigenvalue weighted by Gasteiger charge is -2.10. The first-order chi connectivity index (χ1) is 7.43. The summed E-state index contributed by atoms with van der Waals surface area (Å²) in [6, 6.07) is 2.66. The van der Waals surface area contributed by atoms with E-state index in [1.807, 2.05) is 0 Å². The van der Waals surface area contributed by atoms with E-state index in [-0.39, 0.29) is 11.3 Å². The van der Waals surface area contributed by atoms with Crippen LogP contribution in [0, 0.1) is 5.82 Å². The molecule has 0 bridgehead atoms. The van der Waals surface area contributed by atoms with Crippen LogP contribution in [0.4, 0.5) is 10.1 Å². The number of para-hydroxylation sites is 1. The van der Waals surface area contributed by atoms with Gasteiger partial charge in [-0.15, -0.1) is 0 Å². The summed E-state index contributed by atoms with van der Waals surface area (Å²) < 4.78 is 13.3. The molecule has 0 saturated carbocycles. The zero-order valence-electron chi connectivity index (χ0n) is 8.53. The van der Waals surface area contributed by atoms with Crippen molar-refractivity contribution >= 4 is 17.6 Å². The average molecular weight is 226 g/mol. The number of benzene rings is 1. The molecule has 1 aromatic rings. The van der Waals surface area contributed by atoms with Crippen molar-refractivity contribution < 1.29 is 19.1 Å². The van der Waals surface area contributed by atoms with Crippen molar-refractivity contribution in [3.8, 4) is 0 Å². The van der Waals surface area contributed by atoms with Crippen LogP contribution in [0.3, 0.4) is 0 Å². The minimum absolute atomic E-state index is 0.311. The molecule has 0 aliphatic carbocycles. The first-order valence-electron chi connectivity index (χ1n) is 4.51. The number of rotatable bonds is 3. The van der Waals surface area contributed by atoms with Crippen molar-refractivity contribution in [1.82, 2.24) is 0 Å². The molecular weight excluding hydrogens is 215 g/mol. The minimum Gasteiger partial charge on any atom is -0.478 e. The second-order valence-electron chi connectivity index (χ2n) is 3.25. The lowest BCUT2D eigenvalue weighted by atomic mass is 10.1. The molecule has 0 aliphatic rings. The molecule has 86 valence electrons. The van der Waals surface area contributed by atoms with Gasteiger partial charge in [0.2, 0.25) is 5.91 Å². The van der Waals surface area contributed by atoms with Gasteiger partial charge in [-0.1, -0.05) is 6.07 Å². The van der Waals surface area contributed by atoms with E-state index in [0.717, 1.165) is 6.07 Å². The third-order valence-electron chi connectivity index (χ3n) is 1.91. The van der Waals surface area contributed by atoms with E-state index in [0.29, 0.717) is 0 Å². The van der Waals surface area contributed by atoms with Gasteiger partial charge in [0.25, 0.3) is 0 Å². The number of nitrogens with two attached hydrogens (primary N) is 1. The molecule has 4 N–H and O–H groups in total. The Morgan fingerprint density at radius 3 is 2.62 bits per heavy atom. The first kappa shape index (κ1) is 12.1. The van der Waals surface area contributed by atoms with Crippen molar-refractivity contribution in [2.24, 2.45) is 5.73 Å². The molecule has 0 fully saturated rings. The van der Waals surface area contributed by atoms with E-state index in [1.165, 1.54) is 19.1 Å². The zero-order valence-corrected chi connectivity index (χ0v) is 8.53. The molecule has 1 rings (SSSR count). The van der Waals surface area contributed by atoms with Crippen molar-refractivity contribution in [2.75, 3.05) is 5.32 Å². The molecule has 1 unspecified atom stereocenters. The Balaban J connectivity index is 3.11. The average Bonchev–Trinajstić information content (AvgIpc) is 2.20. The fourth-order valence-electron chi connectivity index (χ4n) is 1.07. The molecular formula is C10H11FN2O3. The van der Waals surface area contributed by atoms with Crippen LogP contribution < -0.4 is 11.1 Å². The SMILES string of the molecule is CC(N)C(=O)Nc1c(F)cccc1C(=O)O. The first-order valence-corrected chi connectivity index (χ1v) is 4.51. The van der Waals surface area contributed by atoms with E-state index in [4.69, 9.17) is 10.8 Å². The van der Waals surface area contributed by atoms with E-state index in [2.05, 4.69) is 5.32 Å². The number of anilines is 1. The van der Waals surface area contributed by atoms with Gasteiger partial charge < -0.3 is 16.2 Å². The fraction of sp³-hybridized carbons (Fsp3) is 0.200. The number of hydrogen-bond donors (Lipinski definition) is 3. The normalized spacial score (nSPS) is 11.9. The van der Waals surface area contributed by atoms with Gasteiger partial charge in [0.1, 0.15) is 5.82 Å². The van der Waals surface area contributed by atoms with Crippen LogP contribution >= 0.6 is 0 Å². The number of hydrogen-bond acceptors (Lipinski definition) is 3. The summed E-state index contributed by atoms with van der Waals surface area (Å²) in [7, 11) is 0. The van der Waals surface area contributed by atoms with Crippen LogP contribution in [0.5, 0.6) is 0 Å². The smallest absolute Gasteiger partial charge is 0.337 e. The lowest BCUT2D eigenvalue weighted by molar-refractivity contribution is -0.117. The molecule has 0 heterocycles. The number of nitrogens with one attached hydrogen (secondary N) is 1. The Labute approximate surface area is 91.1 Å². The maximum Gasteiger partial charge on any atom is 0.337 e. The topological polar surface area (TPSA) is 92.4 Å². The highest BCUT2D eigenvalue weighted by molar-refractivity contribution is 6.02. The van der Waals surface area contributed by atoms with Gasteiger partial charge >= 0.3 is 5.97 Å². The number of carbonyl (C=O) groups excluding carboxylic acids is 1. The van der Waals surface area contributed by atoms with E-state index < -0.39 is 23.7 Å². The minimum atomic E-state index is -1.32. The Morgan fingerprint density at radius 2 is 2.12 bits per heavy atom. The Bertz CT molecular complexity index is 432. The number of amides is 1. The van der Waals surface area contributed by atoms with Crippen LogP contribution in [-0.4, -0.2) is 23.0 Å². The molecule has 0 saturated heterocycles. The zero-order chi connectivity index (χ0) is 12.3. The highest BCUT2D eigenvalue weighted by atomic mass is 19.1. The summed E-state index contributed by atoms with van der Waals surface area (Å²) in [6.07, 6.45) is 0. The Morgan fingerprint density at radius 1 is 1.50 bits per heavy atom. The summed E-state index contributed by atoms with van der Waals surface area (Å²) in [5.41, 5.74) is 4.60. The predicted molar refractivity (Wildman–Crippen MR) is 55.6 cm³/mol. The van der Waals surface area contributed by atoms with Crippen molar-refractivity contribution in [2.45, 2.75) is 13.0 Å². The number of carboxylic acid groups (broad SMARTS) is 1. The van der Waals surface area contributed by atoms with Crippen molar-refractivity contribution in [1.29, 1.82) is 0 Å². The molecule has 1 aromatic carbocycles. The summed E-state index contributed by atoms with van der Waals surface area (Å²) in [6.45, 7) is 1.41. The highest BCUT2D eigenvalue weighted by Crippen LogP contribution is 2.19. The lowest BCUT2D eigenvalue weighted by Crippen LogP contribution is -2.33. The monoisotopic (exact) mass is 226 g/mol. The van der Waals surface area contributed by atoms with Gasteiger partial charge in [-0.25, -0.2) is 9.18 Å². The molecule has 0 spiro atoms. The van der Waals surface area contributed by atoms with Crippen molar-refractivity contribution in [3.05, 3.63) is 29.6 Å². The summed E-state index contributed by atoms with van der Waals surface area (Å²) in [5.74, 6) is -2.78. The highest BCUT2D eigenvalue weighted by Gasteiger charge is 2.17. The molecule has 1 atom stereocenters. The molecule has 0 aromatic heterocycles. The maximum absolute atomic E-state index is 13.3. The second-order valence-corrected chi connectivity index (χ2v) is 3.25. The van der Waals surface area contributed by atoms with Gasteiger partial charge in [-0.2, -0.15) is 0 Å². The van der Waals surface area contributed by atoms with Crippen LogP contribution in [0.2, 0.25) is 0 Å². The van der Waals surface area contributed by atoms with E-state index in [1.54, 1.807) is 0 Å². The number of halogens is 1. The quantitative estimate of drug-likeness (QED) is 0.711. The molecule has 16 heavy (non-hydrogen) atoms. The van der Waals surface area contributed by atoms with Crippen LogP contribution in [0.15, 0.2) is 18.2 Å². The van der Waals surface area contributed by atoms with E-state index >= 15 is 0 Å². The molecule has 5 nitrogen and oxygen atoms in total. The Kier molecular flexibility index (Phi) is 3.57. The molecule has 0 radical (unpaired) electrons. The number of carbonyl (C=O) groups is 2. The van der Waals surface area contributed by atoms with Gasteiger partial charge in [-0.3, -0.25) is 4.79 Å². The molecule has 0 aliphatic heterocycles.